The minimum Gasteiger partial charge on any atom is -0.497 e. The van der Waals surface area contributed by atoms with Crippen molar-refractivity contribution in [3.8, 4) is 5.75 Å². The second kappa shape index (κ2) is 5.89. The summed E-state index contributed by atoms with van der Waals surface area (Å²) < 4.78 is 7.21. The van der Waals surface area contributed by atoms with Gasteiger partial charge in [0.25, 0.3) is 0 Å². The molecule has 0 aliphatic heterocycles. The van der Waals surface area contributed by atoms with E-state index in [1.54, 1.807) is 7.11 Å². The van der Waals surface area contributed by atoms with Crippen LogP contribution in [0.5, 0.6) is 5.75 Å². The van der Waals surface area contributed by atoms with E-state index < -0.39 is 0 Å². The molecule has 1 aromatic carbocycles. The second-order valence-corrected chi connectivity index (χ2v) is 4.58. The summed E-state index contributed by atoms with van der Waals surface area (Å²) >= 11 is 0. The lowest BCUT2D eigenvalue weighted by Crippen LogP contribution is -2.22. The highest BCUT2D eigenvalue weighted by atomic mass is 16.5. The van der Waals surface area contributed by atoms with Crippen molar-refractivity contribution in [3.05, 3.63) is 47.3 Å². The molecule has 4 heteroatoms. The molecule has 0 saturated carbocycles. The summed E-state index contributed by atoms with van der Waals surface area (Å²) in [5.41, 5.74) is 3.57. The highest BCUT2D eigenvalue weighted by Gasteiger charge is 2.18. The number of hydrogen-bond acceptors (Lipinski definition) is 3. The van der Waals surface area contributed by atoms with Gasteiger partial charge in [-0.1, -0.05) is 19.1 Å². The van der Waals surface area contributed by atoms with Crippen molar-refractivity contribution in [2.75, 3.05) is 13.7 Å². The number of aromatic nitrogens is 2. The maximum atomic E-state index is 5.31. The van der Waals surface area contributed by atoms with Crippen LogP contribution in [0.2, 0.25) is 0 Å². The molecule has 2 rings (SSSR count). The van der Waals surface area contributed by atoms with Gasteiger partial charge < -0.3 is 10.1 Å². The van der Waals surface area contributed by atoms with Crippen LogP contribution < -0.4 is 10.1 Å². The van der Waals surface area contributed by atoms with E-state index in [0.29, 0.717) is 0 Å². The van der Waals surface area contributed by atoms with Crippen LogP contribution in [0.25, 0.3) is 0 Å². The van der Waals surface area contributed by atoms with E-state index >= 15 is 0 Å². The third-order valence-electron chi connectivity index (χ3n) is 3.42. The van der Waals surface area contributed by atoms with E-state index in [4.69, 9.17) is 4.74 Å². The van der Waals surface area contributed by atoms with Crippen LogP contribution in [-0.4, -0.2) is 23.4 Å². The molecule has 19 heavy (non-hydrogen) atoms. The molecule has 4 nitrogen and oxygen atoms in total. The molecule has 1 unspecified atom stereocenters. The van der Waals surface area contributed by atoms with E-state index in [1.165, 1.54) is 16.8 Å². The smallest absolute Gasteiger partial charge is 0.119 e. The van der Waals surface area contributed by atoms with Crippen LogP contribution in [0.4, 0.5) is 0 Å². The topological polar surface area (TPSA) is 39.1 Å². The van der Waals surface area contributed by atoms with Gasteiger partial charge in [-0.3, -0.25) is 4.68 Å². The summed E-state index contributed by atoms with van der Waals surface area (Å²) in [4.78, 5) is 0. The first-order valence-corrected chi connectivity index (χ1v) is 6.53. The minimum absolute atomic E-state index is 0.147. The van der Waals surface area contributed by atoms with Gasteiger partial charge in [0.2, 0.25) is 0 Å². The number of hydrogen-bond donors (Lipinski definition) is 1. The maximum absolute atomic E-state index is 5.31. The van der Waals surface area contributed by atoms with Crippen LogP contribution in [0.1, 0.15) is 29.8 Å². The molecule has 0 fully saturated rings. The molecule has 0 aliphatic rings. The van der Waals surface area contributed by atoms with Crippen LogP contribution in [0, 0.1) is 6.92 Å². The van der Waals surface area contributed by atoms with Crippen molar-refractivity contribution in [2.45, 2.75) is 19.9 Å². The van der Waals surface area contributed by atoms with Gasteiger partial charge in [0.1, 0.15) is 5.75 Å². The number of aryl methyl sites for hydroxylation is 1. The predicted molar refractivity (Wildman–Crippen MR) is 76.5 cm³/mol. The van der Waals surface area contributed by atoms with Crippen LogP contribution in [-0.2, 0) is 7.05 Å². The van der Waals surface area contributed by atoms with Crippen molar-refractivity contribution < 1.29 is 4.74 Å². The molecule has 102 valence electrons. The Labute approximate surface area is 114 Å². The zero-order chi connectivity index (χ0) is 13.8. The first-order chi connectivity index (χ1) is 9.17. The van der Waals surface area contributed by atoms with Gasteiger partial charge in [-0.2, -0.15) is 5.10 Å². The van der Waals surface area contributed by atoms with Crippen molar-refractivity contribution in [3.63, 3.8) is 0 Å². The fourth-order valence-electron chi connectivity index (χ4n) is 2.23. The van der Waals surface area contributed by atoms with Gasteiger partial charge in [0.15, 0.2) is 0 Å². The highest BCUT2D eigenvalue weighted by Crippen LogP contribution is 2.26. The molecule has 1 heterocycles. The Morgan fingerprint density at radius 3 is 2.79 bits per heavy atom. The number of methoxy groups -OCH3 is 1. The minimum atomic E-state index is 0.147. The third kappa shape index (κ3) is 2.79. The maximum Gasteiger partial charge on any atom is 0.119 e. The molecule has 0 bridgehead atoms. The predicted octanol–water partition coefficient (Wildman–Crippen LogP) is 2.44. The first kappa shape index (κ1) is 13.6. The zero-order valence-electron chi connectivity index (χ0n) is 12.0. The first-order valence-electron chi connectivity index (χ1n) is 6.53. The summed E-state index contributed by atoms with van der Waals surface area (Å²) in [6.07, 6.45) is 1.93. The lowest BCUT2D eigenvalue weighted by atomic mass is 9.99. The fourth-order valence-corrected chi connectivity index (χ4v) is 2.23. The third-order valence-corrected chi connectivity index (χ3v) is 3.42. The second-order valence-electron chi connectivity index (χ2n) is 4.58. The molecule has 0 saturated heterocycles. The summed E-state index contributed by atoms with van der Waals surface area (Å²) in [7, 11) is 3.66. The Balaban J connectivity index is 2.42. The average molecular weight is 259 g/mol. The molecule has 1 atom stereocenters. The van der Waals surface area contributed by atoms with Gasteiger partial charge in [0, 0.05) is 18.3 Å². The monoisotopic (exact) mass is 259 g/mol. The van der Waals surface area contributed by atoms with Crippen molar-refractivity contribution in [1.82, 2.24) is 15.1 Å². The van der Waals surface area contributed by atoms with E-state index in [-0.39, 0.29) is 6.04 Å². The summed E-state index contributed by atoms with van der Waals surface area (Å²) in [6, 6.07) is 8.31. The molecule has 0 amide bonds. The highest BCUT2D eigenvalue weighted by molar-refractivity contribution is 5.37. The van der Waals surface area contributed by atoms with Crippen LogP contribution in [0.3, 0.4) is 0 Å². The zero-order valence-corrected chi connectivity index (χ0v) is 12.0. The van der Waals surface area contributed by atoms with Crippen LogP contribution in [0.15, 0.2) is 30.5 Å². The lowest BCUT2D eigenvalue weighted by Gasteiger charge is -2.19. The van der Waals surface area contributed by atoms with Gasteiger partial charge in [-0.25, -0.2) is 0 Å². The quantitative estimate of drug-likeness (QED) is 0.896. The standard InChI is InChI=1S/C15H21N3O/c1-5-16-15(14-10-17-18(3)11(14)2)12-7-6-8-13(9-12)19-4/h6-10,15-16H,5H2,1-4H3. The Morgan fingerprint density at radius 1 is 1.42 bits per heavy atom. The Hall–Kier alpha value is -1.81. The van der Waals surface area contributed by atoms with E-state index in [0.717, 1.165) is 12.3 Å². The molecule has 0 aliphatic carbocycles. The Morgan fingerprint density at radius 2 is 2.21 bits per heavy atom. The van der Waals surface area contributed by atoms with Crippen molar-refractivity contribution in [2.24, 2.45) is 7.05 Å². The Kier molecular flexibility index (Phi) is 4.22. The van der Waals surface area contributed by atoms with Crippen molar-refractivity contribution >= 4 is 0 Å². The van der Waals surface area contributed by atoms with Gasteiger partial charge in [-0.05, 0) is 31.2 Å². The van der Waals surface area contributed by atoms with E-state index in [9.17, 15) is 0 Å². The molecule has 2 aromatic rings. The molecule has 0 spiro atoms. The summed E-state index contributed by atoms with van der Waals surface area (Å²) in [6.45, 7) is 5.10. The van der Waals surface area contributed by atoms with E-state index in [2.05, 4.69) is 36.4 Å². The number of nitrogens with zero attached hydrogens (tertiary/aromatic N) is 2. The van der Waals surface area contributed by atoms with Gasteiger partial charge in [-0.15, -0.1) is 0 Å². The molecular formula is C15H21N3O. The fraction of sp³-hybridized carbons (Fsp3) is 0.400. The SMILES string of the molecule is CCNC(c1cccc(OC)c1)c1cnn(C)c1C. The van der Waals surface area contributed by atoms with Gasteiger partial charge >= 0.3 is 0 Å². The van der Waals surface area contributed by atoms with Gasteiger partial charge in [0.05, 0.1) is 19.3 Å². The van der Waals surface area contributed by atoms with Crippen molar-refractivity contribution in [1.29, 1.82) is 0 Å². The molecule has 1 aromatic heterocycles. The normalized spacial score (nSPS) is 12.4. The largest absolute Gasteiger partial charge is 0.497 e. The number of rotatable bonds is 5. The molecule has 1 N–H and O–H groups in total. The average Bonchev–Trinajstić information content (AvgIpc) is 2.76. The van der Waals surface area contributed by atoms with E-state index in [1.807, 2.05) is 30.1 Å². The lowest BCUT2D eigenvalue weighted by molar-refractivity contribution is 0.413. The Bertz CT molecular complexity index is 548. The number of nitrogens with one attached hydrogen (secondary N) is 1. The number of ether oxygens (including phenoxy) is 1. The summed E-state index contributed by atoms with van der Waals surface area (Å²) in [5.74, 6) is 0.877. The number of benzene rings is 1. The molecular weight excluding hydrogens is 238 g/mol. The molecule has 0 radical (unpaired) electrons. The van der Waals surface area contributed by atoms with Crippen LogP contribution >= 0.6 is 0 Å². The summed E-state index contributed by atoms with van der Waals surface area (Å²) in [5, 5.41) is 7.84.